The lowest BCUT2D eigenvalue weighted by atomic mass is 10.0. The van der Waals surface area contributed by atoms with E-state index in [2.05, 4.69) is 12.2 Å². The maximum atomic E-state index is 13.2. The molecule has 0 saturated heterocycles. The molecular weight excluding hydrogens is 231 g/mol. The molecule has 0 radical (unpaired) electrons. The van der Waals surface area contributed by atoms with Crippen LogP contribution in [0.2, 0.25) is 0 Å². The normalized spacial score (nSPS) is 12.2. The molecule has 3 nitrogen and oxygen atoms in total. The molecule has 0 aromatic heterocycles. The highest BCUT2D eigenvalue weighted by atomic mass is 19.1. The van der Waals surface area contributed by atoms with E-state index in [0.29, 0.717) is 24.6 Å². The molecular formula is C14H21FN2O. The maximum absolute atomic E-state index is 13.2. The Balaban J connectivity index is 2.59. The van der Waals surface area contributed by atoms with Crippen LogP contribution in [-0.2, 0) is 0 Å². The third-order valence-corrected chi connectivity index (χ3v) is 3.01. The minimum absolute atomic E-state index is 0.229. The van der Waals surface area contributed by atoms with Gasteiger partial charge in [-0.2, -0.15) is 0 Å². The van der Waals surface area contributed by atoms with Crippen LogP contribution in [0.5, 0.6) is 0 Å². The third kappa shape index (κ3) is 4.45. The van der Waals surface area contributed by atoms with Gasteiger partial charge in [-0.25, -0.2) is 4.39 Å². The summed E-state index contributed by atoms with van der Waals surface area (Å²) >= 11 is 0. The van der Waals surface area contributed by atoms with Crippen LogP contribution in [0.3, 0.4) is 0 Å². The summed E-state index contributed by atoms with van der Waals surface area (Å²) in [6.45, 7) is 5.04. The Bertz CT molecular complexity index is 387. The summed E-state index contributed by atoms with van der Waals surface area (Å²) in [5.41, 5.74) is 6.61. The number of rotatable bonds is 6. The zero-order valence-electron chi connectivity index (χ0n) is 11.0. The first kappa shape index (κ1) is 14.6. The van der Waals surface area contributed by atoms with Crippen LogP contribution >= 0.6 is 0 Å². The molecule has 0 heterocycles. The second kappa shape index (κ2) is 7.11. The fraction of sp³-hybridized carbons (Fsp3) is 0.500. The number of amides is 1. The summed E-state index contributed by atoms with van der Waals surface area (Å²) in [6.07, 6.45) is 1.86. The first-order valence-corrected chi connectivity index (χ1v) is 6.32. The van der Waals surface area contributed by atoms with E-state index in [9.17, 15) is 9.18 Å². The van der Waals surface area contributed by atoms with Crippen molar-refractivity contribution in [1.82, 2.24) is 5.32 Å². The van der Waals surface area contributed by atoms with Gasteiger partial charge in [-0.1, -0.05) is 13.3 Å². The maximum Gasteiger partial charge on any atom is 0.251 e. The van der Waals surface area contributed by atoms with Gasteiger partial charge in [0.15, 0.2) is 0 Å². The van der Waals surface area contributed by atoms with Crippen molar-refractivity contribution in [3.8, 4) is 0 Å². The summed E-state index contributed by atoms with van der Waals surface area (Å²) in [5.74, 6) is -0.226. The number of aryl methyl sites for hydroxylation is 1. The predicted octanol–water partition coefficient (Wildman–Crippen LogP) is 2.24. The molecule has 0 spiro atoms. The minimum atomic E-state index is -0.380. The second-order valence-electron chi connectivity index (χ2n) is 4.58. The molecule has 1 rings (SSSR count). The van der Waals surface area contributed by atoms with Crippen LogP contribution in [0.25, 0.3) is 0 Å². The van der Waals surface area contributed by atoms with Gasteiger partial charge < -0.3 is 11.1 Å². The van der Waals surface area contributed by atoms with Crippen molar-refractivity contribution in [1.29, 1.82) is 0 Å². The smallest absolute Gasteiger partial charge is 0.251 e. The fourth-order valence-corrected chi connectivity index (χ4v) is 1.89. The highest BCUT2D eigenvalue weighted by molar-refractivity contribution is 5.94. The quantitative estimate of drug-likeness (QED) is 0.815. The number of hydrogen-bond acceptors (Lipinski definition) is 2. The van der Waals surface area contributed by atoms with E-state index in [1.165, 1.54) is 12.1 Å². The number of benzene rings is 1. The average molecular weight is 252 g/mol. The largest absolute Gasteiger partial charge is 0.352 e. The van der Waals surface area contributed by atoms with Gasteiger partial charge in [0.05, 0.1) is 0 Å². The molecule has 0 saturated carbocycles. The van der Waals surface area contributed by atoms with E-state index in [1.807, 2.05) is 0 Å². The fourth-order valence-electron chi connectivity index (χ4n) is 1.89. The lowest BCUT2D eigenvalue weighted by molar-refractivity contribution is 0.0945. The van der Waals surface area contributed by atoms with E-state index in [0.717, 1.165) is 18.4 Å². The predicted molar refractivity (Wildman–Crippen MR) is 70.9 cm³/mol. The van der Waals surface area contributed by atoms with Gasteiger partial charge in [-0.15, -0.1) is 0 Å². The van der Waals surface area contributed by atoms with Crippen molar-refractivity contribution < 1.29 is 9.18 Å². The Morgan fingerprint density at radius 3 is 2.72 bits per heavy atom. The Morgan fingerprint density at radius 2 is 2.17 bits per heavy atom. The molecule has 3 N–H and O–H groups in total. The molecule has 0 aliphatic carbocycles. The van der Waals surface area contributed by atoms with Crippen molar-refractivity contribution in [2.75, 3.05) is 13.1 Å². The van der Waals surface area contributed by atoms with Crippen molar-refractivity contribution in [2.24, 2.45) is 11.7 Å². The molecule has 0 fully saturated rings. The molecule has 100 valence electrons. The molecule has 0 bridgehead atoms. The molecule has 1 atom stereocenters. The number of halogens is 1. The molecule has 1 aromatic carbocycles. The van der Waals surface area contributed by atoms with E-state index in [-0.39, 0.29) is 11.7 Å². The van der Waals surface area contributed by atoms with Gasteiger partial charge in [-0.05, 0) is 49.6 Å². The zero-order chi connectivity index (χ0) is 13.5. The highest BCUT2D eigenvalue weighted by Gasteiger charge is 2.10. The minimum Gasteiger partial charge on any atom is -0.352 e. The van der Waals surface area contributed by atoms with Gasteiger partial charge >= 0.3 is 0 Å². The molecule has 1 aromatic rings. The van der Waals surface area contributed by atoms with Crippen molar-refractivity contribution in [3.05, 3.63) is 35.1 Å². The Kier molecular flexibility index (Phi) is 5.78. The number of hydrogen-bond donors (Lipinski definition) is 2. The average Bonchev–Trinajstić information content (AvgIpc) is 2.32. The Hall–Kier alpha value is -1.42. The summed E-state index contributed by atoms with van der Waals surface area (Å²) in [7, 11) is 0. The topological polar surface area (TPSA) is 55.1 Å². The van der Waals surface area contributed by atoms with Crippen LogP contribution in [0, 0.1) is 18.7 Å². The molecule has 0 aliphatic heterocycles. The molecule has 1 unspecified atom stereocenters. The first-order valence-electron chi connectivity index (χ1n) is 6.32. The molecule has 1 amide bonds. The molecule has 18 heavy (non-hydrogen) atoms. The van der Waals surface area contributed by atoms with E-state index in [4.69, 9.17) is 5.73 Å². The summed E-state index contributed by atoms with van der Waals surface area (Å²) in [4.78, 5) is 11.9. The summed E-state index contributed by atoms with van der Waals surface area (Å²) in [5, 5.41) is 2.83. The van der Waals surface area contributed by atoms with Gasteiger partial charge in [-0.3, -0.25) is 4.79 Å². The number of nitrogens with two attached hydrogens (primary N) is 1. The summed E-state index contributed by atoms with van der Waals surface area (Å²) in [6, 6.07) is 4.34. The molecule has 0 aliphatic rings. The highest BCUT2D eigenvalue weighted by Crippen LogP contribution is 2.09. The zero-order valence-corrected chi connectivity index (χ0v) is 11.0. The number of nitrogens with one attached hydrogen (secondary N) is 1. The van der Waals surface area contributed by atoms with Crippen LogP contribution in [0.4, 0.5) is 4.39 Å². The Labute approximate surface area is 108 Å². The van der Waals surface area contributed by atoms with Gasteiger partial charge in [0.1, 0.15) is 5.82 Å². The van der Waals surface area contributed by atoms with Crippen LogP contribution < -0.4 is 11.1 Å². The SMILES string of the molecule is CCC(CCN)CNC(=O)c1cc(C)cc(F)c1. The third-order valence-electron chi connectivity index (χ3n) is 3.01. The number of carbonyl (C=O) groups is 1. The van der Waals surface area contributed by atoms with Gasteiger partial charge in [0.2, 0.25) is 0 Å². The Morgan fingerprint density at radius 1 is 1.44 bits per heavy atom. The standard InChI is InChI=1S/C14H21FN2O/c1-3-11(4-5-16)9-17-14(18)12-6-10(2)7-13(15)8-12/h6-8,11H,3-5,9,16H2,1-2H3,(H,17,18). The lowest BCUT2D eigenvalue weighted by Crippen LogP contribution is -2.30. The summed E-state index contributed by atoms with van der Waals surface area (Å²) < 4.78 is 13.2. The van der Waals surface area contributed by atoms with E-state index < -0.39 is 0 Å². The molecule has 4 heteroatoms. The first-order chi connectivity index (χ1) is 8.56. The van der Waals surface area contributed by atoms with E-state index >= 15 is 0 Å². The second-order valence-corrected chi connectivity index (χ2v) is 4.58. The van der Waals surface area contributed by atoms with Gasteiger partial charge in [0, 0.05) is 12.1 Å². The van der Waals surface area contributed by atoms with Crippen LogP contribution in [0.15, 0.2) is 18.2 Å². The number of carbonyl (C=O) groups excluding carboxylic acids is 1. The monoisotopic (exact) mass is 252 g/mol. The van der Waals surface area contributed by atoms with Crippen molar-refractivity contribution >= 4 is 5.91 Å². The van der Waals surface area contributed by atoms with Gasteiger partial charge in [0.25, 0.3) is 5.91 Å². The van der Waals surface area contributed by atoms with Crippen molar-refractivity contribution in [3.63, 3.8) is 0 Å². The van der Waals surface area contributed by atoms with Crippen molar-refractivity contribution in [2.45, 2.75) is 26.7 Å². The van der Waals surface area contributed by atoms with Crippen LogP contribution in [-0.4, -0.2) is 19.0 Å². The lowest BCUT2D eigenvalue weighted by Gasteiger charge is -2.14. The van der Waals surface area contributed by atoms with Crippen LogP contribution in [0.1, 0.15) is 35.7 Å². The van der Waals surface area contributed by atoms with E-state index in [1.54, 1.807) is 13.0 Å².